The molecule has 94 valence electrons. The molecule has 1 fully saturated rings. The van der Waals surface area contributed by atoms with Crippen LogP contribution in [0.4, 0.5) is 0 Å². The Balaban J connectivity index is 2.27. The molecule has 1 rings (SSSR count). The van der Waals surface area contributed by atoms with Crippen LogP contribution in [-0.4, -0.2) is 24.5 Å². The first-order valence-electron chi connectivity index (χ1n) is 6.54. The number of rotatable bonds is 5. The molecule has 3 unspecified atom stereocenters. The number of nitrogens with one attached hydrogen (secondary N) is 2. The van der Waals surface area contributed by atoms with Crippen LogP contribution in [0.1, 0.15) is 47.0 Å². The van der Waals surface area contributed by atoms with E-state index in [2.05, 4.69) is 38.3 Å². The normalized spacial score (nSPS) is 27.1. The Hall–Kier alpha value is -0.570. The van der Waals surface area contributed by atoms with Crippen molar-refractivity contribution in [3.63, 3.8) is 0 Å². The first kappa shape index (κ1) is 13.5. The second kappa shape index (κ2) is 6.24. The highest BCUT2D eigenvalue weighted by atomic mass is 16.2. The second-order valence-corrected chi connectivity index (χ2v) is 5.52. The molecule has 0 saturated carbocycles. The van der Waals surface area contributed by atoms with E-state index in [9.17, 15) is 4.79 Å². The van der Waals surface area contributed by atoms with Gasteiger partial charge < -0.3 is 10.6 Å². The van der Waals surface area contributed by atoms with E-state index in [0.717, 1.165) is 19.4 Å². The molecule has 0 spiro atoms. The van der Waals surface area contributed by atoms with Gasteiger partial charge in [0.2, 0.25) is 5.91 Å². The quantitative estimate of drug-likeness (QED) is 0.752. The summed E-state index contributed by atoms with van der Waals surface area (Å²) in [6.07, 6.45) is 3.24. The fourth-order valence-corrected chi connectivity index (χ4v) is 2.22. The molecular formula is C13H26N2O. The summed E-state index contributed by atoms with van der Waals surface area (Å²) in [5.41, 5.74) is 0. The van der Waals surface area contributed by atoms with Crippen LogP contribution in [-0.2, 0) is 4.79 Å². The highest BCUT2D eigenvalue weighted by molar-refractivity contribution is 5.79. The van der Waals surface area contributed by atoms with Crippen molar-refractivity contribution in [1.82, 2.24) is 10.6 Å². The van der Waals surface area contributed by atoms with Gasteiger partial charge in [-0.3, -0.25) is 4.79 Å². The molecule has 0 bridgehead atoms. The zero-order valence-corrected chi connectivity index (χ0v) is 11.0. The molecule has 3 atom stereocenters. The summed E-state index contributed by atoms with van der Waals surface area (Å²) in [4.78, 5) is 12.0. The molecule has 1 aliphatic heterocycles. The van der Waals surface area contributed by atoms with E-state index in [-0.39, 0.29) is 11.8 Å². The summed E-state index contributed by atoms with van der Waals surface area (Å²) >= 11 is 0. The molecule has 1 saturated heterocycles. The Bertz CT molecular complexity index is 228. The van der Waals surface area contributed by atoms with Crippen molar-refractivity contribution in [1.29, 1.82) is 0 Å². The van der Waals surface area contributed by atoms with Gasteiger partial charge in [0.15, 0.2) is 0 Å². The highest BCUT2D eigenvalue weighted by Crippen LogP contribution is 2.16. The van der Waals surface area contributed by atoms with Crippen molar-refractivity contribution in [3.8, 4) is 0 Å². The first-order valence-corrected chi connectivity index (χ1v) is 6.54. The average molecular weight is 226 g/mol. The Morgan fingerprint density at radius 1 is 1.38 bits per heavy atom. The number of hydrogen-bond acceptors (Lipinski definition) is 2. The lowest BCUT2D eigenvalue weighted by Crippen LogP contribution is -2.41. The van der Waals surface area contributed by atoms with Crippen molar-refractivity contribution >= 4 is 5.91 Å². The van der Waals surface area contributed by atoms with Gasteiger partial charge in [0.05, 0.1) is 5.92 Å². The van der Waals surface area contributed by atoms with Crippen LogP contribution in [0.15, 0.2) is 0 Å². The molecule has 1 heterocycles. The van der Waals surface area contributed by atoms with E-state index in [0.29, 0.717) is 18.0 Å². The number of hydrogen-bond donors (Lipinski definition) is 2. The molecule has 0 aliphatic carbocycles. The van der Waals surface area contributed by atoms with Crippen LogP contribution < -0.4 is 10.6 Å². The topological polar surface area (TPSA) is 41.1 Å². The summed E-state index contributed by atoms with van der Waals surface area (Å²) in [7, 11) is 0. The van der Waals surface area contributed by atoms with Crippen LogP contribution in [0.5, 0.6) is 0 Å². The van der Waals surface area contributed by atoms with Crippen molar-refractivity contribution < 1.29 is 4.79 Å². The Labute approximate surface area is 99.4 Å². The lowest BCUT2D eigenvalue weighted by atomic mass is 9.99. The van der Waals surface area contributed by atoms with E-state index in [1.165, 1.54) is 6.42 Å². The van der Waals surface area contributed by atoms with Crippen LogP contribution in [0.2, 0.25) is 0 Å². The van der Waals surface area contributed by atoms with E-state index >= 15 is 0 Å². The lowest BCUT2D eigenvalue weighted by molar-refractivity contribution is -0.125. The summed E-state index contributed by atoms with van der Waals surface area (Å²) in [5, 5.41) is 6.44. The molecule has 1 amide bonds. The molecule has 16 heavy (non-hydrogen) atoms. The number of amides is 1. The minimum Gasteiger partial charge on any atom is -0.353 e. The van der Waals surface area contributed by atoms with E-state index in [1.54, 1.807) is 0 Å². The molecule has 3 heteroatoms. The van der Waals surface area contributed by atoms with Gasteiger partial charge in [-0.15, -0.1) is 0 Å². The minimum atomic E-state index is 0.168. The lowest BCUT2D eigenvalue weighted by Gasteiger charge is -2.20. The molecule has 0 aromatic heterocycles. The van der Waals surface area contributed by atoms with Crippen LogP contribution in [0.25, 0.3) is 0 Å². The molecule has 1 aliphatic rings. The average Bonchev–Trinajstić information content (AvgIpc) is 2.61. The second-order valence-electron chi connectivity index (χ2n) is 5.52. The highest BCUT2D eigenvalue weighted by Gasteiger charge is 2.29. The molecule has 0 aromatic rings. The van der Waals surface area contributed by atoms with Gasteiger partial charge in [0.25, 0.3) is 0 Å². The third-order valence-corrected chi connectivity index (χ3v) is 3.43. The first-order chi connectivity index (χ1) is 7.50. The maximum Gasteiger partial charge on any atom is 0.224 e. The Kier molecular flexibility index (Phi) is 5.26. The van der Waals surface area contributed by atoms with Gasteiger partial charge in [-0.25, -0.2) is 0 Å². The van der Waals surface area contributed by atoms with Gasteiger partial charge in [-0.05, 0) is 45.6 Å². The smallest absolute Gasteiger partial charge is 0.224 e. The SMILES string of the molecule is CC(C)CCC(C)NC(=O)C1CCNC1C. The molecule has 0 radical (unpaired) electrons. The maximum atomic E-state index is 12.0. The molecule has 2 N–H and O–H groups in total. The minimum absolute atomic E-state index is 0.168. The predicted octanol–water partition coefficient (Wildman–Crippen LogP) is 1.93. The van der Waals surface area contributed by atoms with E-state index in [1.807, 2.05) is 0 Å². The summed E-state index contributed by atoms with van der Waals surface area (Å²) in [6.45, 7) is 9.61. The summed E-state index contributed by atoms with van der Waals surface area (Å²) < 4.78 is 0. The fourth-order valence-electron chi connectivity index (χ4n) is 2.22. The maximum absolute atomic E-state index is 12.0. The summed E-state index contributed by atoms with van der Waals surface area (Å²) in [5.74, 6) is 1.11. The third kappa shape index (κ3) is 4.12. The fraction of sp³-hybridized carbons (Fsp3) is 0.923. The van der Waals surface area contributed by atoms with E-state index < -0.39 is 0 Å². The van der Waals surface area contributed by atoms with Gasteiger partial charge in [0.1, 0.15) is 0 Å². The largest absolute Gasteiger partial charge is 0.353 e. The summed E-state index contributed by atoms with van der Waals surface area (Å²) in [6, 6.07) is 0.639. The van der Waals surface area contributed by atoms with Crippen molar-refractivity contribution in [2.45, 2.75) is 59.0 Å². The predicted molar refractivity (Wildman–Crippen MR) is 67.2 cm³/mol. The van der Waals surface area contributed by atoms with Gasteiger partial charge >= 0.3 is 0 Å². The van der Waals surface area contributed by atoms with Gasteiger partial charge in [-0.2, -0.15) is 0 Å². The van der Waals surface area contributed by atoms with Crippen molar-refractivity contribution in [3.05, 3.63) is 0 Å². The zero-order chi connectivity index (χ0) is 12.1. The van der Waals surface area contributed by atoms with Gasteiger partial charge in [-0.1, -0.05) is 13.8 Å². The number of carbonyl (C=O) groups excluding carboxylic acids is 1. The monoisotopic (exact) mass is 226 g/mol. The Morgan fingerprint density at radius 2 is 2.06 bits per heavy atom. The zero-order valence-electron chi connectivity index (χ0n) is 11.0. The van der Waals surface area contributed by atoms with Crippen LogP contribution >= 0.6 is 0 Å². The molecule has 3 nitrogen and oxygen atoms in total. The van der Waals surface area contributed by atoms with Crippen LogP contribution in [0.3, 0.4) is 0 Å². The molecule has 0 aromatic carbocycles. The van der Waals surface area contributed by atoms with Crippen molar-refractivity contribution in [2.75, 3.05) is 6.54 Å². The number of carbonyl (C=O) groups is 1. The van der Waals surface area contributed by atoms with Gasteiger partial charge in [0, 0.05) is 12.1 Å². The van der Waals surface area contributed by atoms with E-state index in [4.69, 9.17) is 0 Å². The van der Waals surface area contributed by atoms with Crippen molar-refractivity contribution in [2.24, 2.45) is 11.8 Å². The van der Waals surface area contributed by atoms with Crippen LogP contribution in [0, 0.1) is 11.8 Å². The Morgan fingerprint density at radius 3 is 2.56 bits per heavy atom. The third-order valence-electron chi connectivity index (χ3n) is 3.43. The standard InChI is InChI=1S/C13H26N2O/c1-9(2)5-6-10(3)15-13(16)12-7-8-14-11(12)4/h9-12,14H,5-8H2,1-4H3,(H,15,16). The molecular weight excluding hydrogens is 200 g/mol.